The fourth-order valence-electron chi connectivity index (χ4n) is 3.56. The highest BCUT2D eigenvalue weighted by Gasteiger charge is 2.26. The van der Waals surface area contributed by atoms with Gasteiger partial charge in [-0.3, -0.25) is 9.59 Å². The number of aryl methyl sites for hydroxylation is 3. The second kappa shape index (κ2) is 11.4. The van der Waals surface area contributed by atoms with Crippen LogP contribution in [0.15, 0.2) is 18.2 Å². The van der Waals surface area contributed by atoms with E-state index in [2.05, 4.69) is 25.1 Å². The monoisotopic (exact) mass is 404 g/mol. The molecule has 0 saturated carbocycles. The standard InChI is InChI=1S/C25H40O4/c1-19-14-15-20(12-8-6-10-16-24(2,3)22(26)27)21(18-19)13-9-7-11-17-25(4,5)23(28)29/h14-15,18H,6-13,16-17H2,1-5H3,(H,26,27)(H,28,29). The summed E-state index contributed by atoms with van der Waals surface area (Å²) in [6, 6.07) is 6.69. The van der Waals surface area contributed by atoms with Crippen molar-refractivity contribution in [2.24, 2.45) is 10.8 Å². The molecule has 4 nitrogen and oxygen atoms in total. The number of carboxylic acids is 2. The van der Waals surface area contributed by atoms with Crippen LogP contribution < -0.4 is 0 Å². The number of hydrogen-bond acceptors (Lipinski definition) is 2. The van der Waals surface area contributed by atoms with E-state index in [1.165, 1.54) is 16.7 Å². The SMILES string of the molecule is Cc1ccc(CCCCCC(C)(C)C(=O)O)c(CCCCCC(C)(C)C(=O)O)c1. The van der Waals surface area contributed by atoms with E-state index in [1.54, 1.807) is 27.7 Å². The number of carbonyl (C=O) groups is 2. The number of carboxylic acid groups (broad SMARTS) is 2. The third-order valence-corrected chi connectivity index (χ3v) is 6.02. The lowest BCUT2D eigenvalue weighted by atomic mass is 9.86. The van der Waals surface area contributed by atoms with Crippen molar-refractivity contribution in [1.29, 1.82) is 0 Å². The molecule has 0 spiro atoms. The van der Waals surface area contributed by atoms with Gasteiger partial charge in [0.15, 0.2) is 0 Å². The summed E-state index contributed by atoms with van der Waals surface area (Å²) in [6.07, 6.45) is 9.66. The minimum Gasteiger partial charge on any atom is -0.481 e. The van der Waals surface area contributed by atoms with Crippen molar-refractivity contribution < 1.29 is 19.8 Å². The maximum absolute atomic E-state index is 11.2. The van der Waals surface area contributed by atoms with E-state index in [-0.39, 0.29) is 0 Å². The molecule has 0 aliphatic rings. The van der Waals surface area contributed by atoms with Gasteiger partial charge >= 0.3 is 11.9 Å². The number of aliphatic carboxylic acids is 2. The molecule has 1 aromatic carbocycles. The highest BCUT2D eigenvalue weighted by molar-refractivity contribution is 5.73. The summed E-state index contributed by atoms with van der Waals surface area (Å²) in [5.41, 5.74) is 2.82. The summed E-state index contributed by atoms with van der Waals surface area (Å²) < 4.78 is 0. The Morgan fingerprint density at radius 2 is 1.17 bits per heavy atom. The number of benzene rings is 1. The van der Waals surface area contributed by atoms with Crippen LogP contribution in [0.4, 0.5) is 0 Å². The first-order valence-electron chi connectivity index (χ1n) is 11.0. The van der Waals surface area contributed by atoms with Crippen molar-refractivity contribution in [1.82, 2.24) is 0 Å². The van der Waals surface area contributed by atoms with Crippen LogP contribution in [-0.4, -0.2) is 22.2 Å². The van der Waals surface area contributed by atoms with Crippen LogP contribution in [0.2, 0.25) is 0 Å². The maximum atomic E-state index is 11.2. The Morgan fingerprint density at radius 1 is 0.724 bits per heavy atom. The van der Waals surface area contributed by atoms with Crippen LogP contribution in [0.25, 0.3) is 0 Å². The van der Waals surface area contributed by atoms with Gasteiger partial charge in [0, 0.05) is 0 Å². The topological polar surface area (TPSA) is 74.6 Å². The van der Waals surface area contributed by atoms with Gasteiger partial charge in [-0.05, 0) is 84.3 Å². The second-order valence-corrected chi connectivity index (χ2v) is 9.77. The molecule has 1 rings (SSSR count). The Morgan fingerprint density at radius 3 is 1.62 bits per heavy atom. The molecule has 0 aromatic heterocycles. The van der Waals surface area contributed by atoms with Gasteiger partial charge in [-0.1, -0.05) is 49.4 Å². The van der Waals surface area contributed by atoms with Crippen LogP contribution in [0.3, 0.4) is 0 Å². The van der Waals surface area contributed by atoms with E-state index in [1.807, 2.05) is 0 Å². The Hall–Kier alpha value is -1.84. The van der Waals surface area contributed by atoms with Crippen molar-refractivity contribution in [2.45, 2.75) is 98.8 Å². The number of unbranched alkanes of at least 4 members (excludes halogenated alkanes) is 4. The lowest BCUT2D eigenvalue weighted by molar-refractivity contribution is -0.148. The molecule has 29 heavy (non-hydrogen) atoms. The largest absolute Gasteiger partial charge is 0.481 e. The highest BCUT2D eigenvalue weighted by atomic mass is 16.4. The fraction of sp³-hybridized carbons (Fsp3) is 0.680. The minimum absolute atomic E-state index is 0.635. The molecule has 0 radical (unpaired) electrons. The van der Waals surface area contributed by atoms with Gasteiger partial charge in [0.05, 0.1) is 10.8 Å². The van der Waals surface area contributed by atoms with Crippen LogP contribution in [0, 0.1) is 17.8 Å². The Labute approximate surface area is 176 Å². The normalized spacial score (nSPS) is 12.2. The van der Waals surface area contributed by atoms with Crippen molar-refractivity contribution in [3.8, 4) is 0 Å². The molecular weight excluding hydrogens is 364 g/mol. The quantitative estimate of drug-likeness (QED) is 0.351. The summed E-state index contributed by atoms with van der Waals surface area (Å²) in [7, 11) is 0. The van der Waals surface area contributed by atoms with E-state index in [0.717, 1.165) is 64.2 Å². The molecule has 0 aliphatic heterocycles. The van der Waals surface area contributed by atoms with Gasteiger partial charge in [0.1, 0.15) is 0 Å². The summed E-state index contributed by atoms with van der Waals surface area (Å²) >= 11 is 0. The summed E-state index contributed by atoms with van der Waals surface area (Å²) in [5.74, 6) is -1.43. The zero-order valence-corrected chi connectivity index (χ0v) is 19.0. The van der Waals surface area contributed by atoms with E-state index in [0.29, 0.717) is 0 Å². The third kappa shape index (κ3) is 9.01. The van der Waals surface area contributed by atoms with Crippen LogP contribution in [0.1, 0.15) is 95.8 Å². The average Bonchev–Trinajstić information content (AvgIpc) is 2.62. The number of hydrogen-bond donors (Lipinski definition) is 2. The first kappa shape index (κ1) is 25.2. The van der Waals surface area contributed by atoms with E-state index in [4.69, 9.17) is 0 Å². The molecule has 0 fully saturated rings. The van der Waals surface area contributed by atoms with Gasteiger partial charge in [-0.2, -0.15) is 0 Å². The van der Waals surface area contributed by atoms with Crippen LogP contribution >= 0.6 is 0 Å². The predicted molar refractivity (Wildman–Crippen MR) is 118 cm³/mol. The molecule has 2 N–H and O–H groups in total. The van der Waals surface area contributed by atoms with Gasteiger partial charge in [0.25, 0.3) is 0 Å². The zero-order chi connectivity index (χ0) is 22.1. The zero-order valence-electron chi connectivity index (χ0n) is 19.0. The summed E-state index contributed by atoms with van der Waals surface area (Å²) in [4.78, 5) is 22.4. The van der Waals surface area contributed by atoms with Crippen molar-refractivity contribution >= 4 is 11.9 Å². The number of rotatable bonds is 14. The predicted octanol–water partition coefficient (Wildman–Crippen LogP) is 6.42. The van der Waals surface area contributed by atoms with Gasteiger partial charge in [-0.25, -0.2) is 0 Å². The molecule has 0 amide bonds. The van der Waals surface area contributed by atoms with Crippen molar-refractivity contribution in [3.05, 3.63) is 34.9 Å². The molecule has 0 heterocycles. The van der Waals surface area contributed by atoms with Gasteiger partial charge < -0.3 is 10.2 Å². The molecule has 0 unspecified atom stereocenters. The minimum atomic E-state index is -0.718. The molecule has 0 atom stereocenters. The second-order valence-electron chi connectivity index (χ2n) is 9.77. The van der Waals surface area contributed by atoms with Crippen LogP contribution in [-0.2, 0) is 22.4 Å². The van der Waals surface area contributed by atoms with E-state index < -0.39 is 22.8 Å². The highest BCUT2D eigenvalue weighted by Crippen LogP contribution is 2.26. The summed E-state index contributed by atoms with van der Waals surface area (Å²) in [5, 5.41) is 18.4. The van der Waals surface area contributed by atoms with Crippen LogP contribution in [0.5, 0.6) is 0 Å². The Bertz CT molecular complexity index is 673. The van der Waals surface area contributed by atoms with E-state index >= 15 is 0 Å². The molecule has 1 aromatic rings. The molecule has 164 valence electrons. The lowest BCUT2D eigenvalue weighted by Gasteiger charge is -2.19. The summed E-state index contributed by atoms with van der Waals surface area (Å²) in [6.45, 7) is 9.31. The van der Waals surface area contributed by atoms with Gasteiger partial charge in [0.2, 0.25) is 0 Å². The first-order valence-corrected chi connectivity index (χ1v) is 11.0. The smallest absolute Gasteiger partial charge is 0.309 e. The molecular formula is C25H40O4. The Balaban J connectivity index is 2.44. The first-order chi connectivity index (χ1) is 13.5. The van der Waals surface area contributed by atoms with E-state index in [9.17, 15) is 19.8 Å². The maximum Gasteiger partial charge on any atom is 0.309 e. The molecule has 4 heteroatoms. The van der Waals surface area contributed by atoms with Crippen molar-refractivity contribution in [3.63, 3.8) is 0 Å². The van der Waals surface area contributed by atoms with Crippen molar-refractivity contribution in [2.75, 3.05) is 0 Å². The third-order valence-electron chi connectivity index (χ3n) is 6.02. The molecule has 0 saturated heterocycles. The molecule has 0 aliphatic carbocycles. The lowest BCUT2D eigenvalue weighted by Crippen LogP contribution is -2.23. The fourth-order valence-corrected chi connectivity index (χ4v) is 3.56. The molecule has 0 bridgehead atoms. The average molecular weight is 405 g/mol. The van der Waals surface area contributed by atoms with Gasteiger partial charge in [-0.15, -0.1) is 0 Å². The Kier molecular flexibility index (Phi) is 9.88.